The summed E-state index contributed by atoms with van der Waals surface area (Å²) in [5.41, 5.74) is 0.660. The molecule has 0 radical (unpaired) electrons. The van der Waals surface area contributed by atoms with E-state index in [9.17, 15) is 4.79 Å². The summed E-state index contributed by atoms with van der Waals surface area (Å²) in [6, 6.07) is 1.76. The molecule has 1 aromatic rings. The van der Waals surface area contributed by atoms with Gasteiger partial charge in [0.15, 0.2) is 0 Å². The molecule has 1 N–H and O–H groups in total. The van der Waals surface area contributed by atoms with Gasteiger partial charge in [-0.25, -0.2) is 14.8 Å². The smallest absolute Gasteiger partial charge is 0.374 e. The van der Waals surface area contributed by atoms with Gasteiger partial charge in [-0.05, 0) is 13.8 Å². The summed E-state index contributed by atoms with van der Waals surface area (Å²) in [6.45, 7) is 4.49. The molecular weight excluding hydrogens is 182 g/mol. The van der Waals surface area contributed by atoms with Crippen molar-refractivity contribution in [2.75, 3.05) is 18.5 Å². The molecule has 1 aromatic heterocycles. The zero-order valence-electron chi connectivity index (χ0n) is 8.48. The van der Waals surface area contributed by atoms with Crippen LogP contribution in [0.4, 0.5) is 5.82 Å². The predicted molar refractivity (Wildman–Crippen MR) is 52.7 cm³/mol. The quantitative estimate of drug-likeness (QED) is 0.777. The van der Waals surface area contributed by atoms with Crippen molar-refractivity contribution in [3.8, 4) is 0 Å². The highest BCUT2D eigenvalue weighted by molar-refractivity contribution is 5.83. The topological polar surface area (TPSA) is 66.3 Å². The molecule has 5 heteroatoms. The molecule has 14 heavy (non-hydrogen) atoms. The number of aromatic nitrogens is 2. The molecular formula is C9H13N3O2. The number of carboxylic acid groups (broad SMARTS) is 1. The molecule has 0 fully saturated rings. The van der Waals surface area contributed by atoms with Gasteiger partial charge < -0.3 is 10.0 Å². The Morgan fingerprint density at radius 2 is 2.21 bits per heavy atom. The normalized spacial score (nSPS) is 9.93. The van der Waals surface area contributed by atoms with Gasteiger partial charge in [0.25, 0.3) is 0 Å². The second-order valence-electron chi connectivity index (χ2n) is 3.01. The Balaban J connectivity index is 3.13. The molecule has 0 saturated carbocycles. The van der Waals surface area contributed by atoms with E-state index in [1.807, 2.05) is 18.9 Å². The molecule has 0 aliphatic carbocycles. The van der Waals surface area contributed by atoms with E-state index in [1.54, 1.807) is 13.0 Å². The van der Waals surface area contributed by atoms with E-state index in [0.29, 0.717) is 11.5 Å². The van der Waals surface area contributed by atoms with Crippen molar-refractivity contribution in [2.45, 2.75) is 13.8 Å². The van der Waals surface area contributed by atoms with Crippen molar-refractivity contribution < 1.29 is 9.90 Å². The van der Waals surface area contributed by atoms with Crippen molar-refractivity contribution in [1.29, 1.82) is 0 Å². The molecule has 0 aliphatic rings. The van der Waals surface area contributed by atoms with Crippen molar-refractivity contribution in [1.82, 2.24) is 9.97 Å². The summed E-state index contributed by atoms with van der Waals surface area (Å²) < 4.78 is 0. The standard InChI is InChI=1S/C9H13N3O2/c1-4-12(3)7-5-6(2)10-8(11-7)9(13)14/h5H,4H2,1-3H3,(H,13,14). The van der Waals surface area contributed by atoms with Crippen molar-refractivity contribution in [3.63, 3.8) is 0 Å². The largest absolute Gasteiger partial charge is 0.475 e. The maximum Gasteiger partial charge on any atom is 0.374 e. The molecule has 76 valence electrons. The fraction of sp³-hybridized carbons (Fsp3) is 0.444. The predicted octanol–water partition coefficient (Wildman–Crippen LogP) is 0.939. The average Bonchev–Trinajstić information content (AvgIpc) is 2.15. The number of nitrogens with zero attached hydrogens (tertiary/aromatic N) is 3. The third kappa shape index (κ3) is 2.18. The van der Waals surface area contributed by atoms with Crippen LogP contribution in [0.2, 0.25) is 0 Å². The van der Waals surface area contributed by atoms with Crippen molar-refractivity contribution in [3.05, 3.63) is 17.6 Å². The third-order valence-corrected chi connectivity index (χ3v) is 1.90. The highest BCUT2D eigenvalue weighted by Crippen LogP contribution is 2.10. The molecule has 1 rings (SSSR count). The first-order chi connectivity index (χ1) is 6.54. The van der Waals surface area contributed by atoms with Crippen LogP contribution in [0, 0.1) is 6.92 Å². The van der Waals surface area contributed by atoms with Crippen LogP contribution >= 0.6 is 0 Å². The Kier molecular flexibility index (Phi) is 3.01. The van der Waals surface area contributed by atoms with Crippen LogP contribution in [0.15, 0.2) is 6.07 Å². The first kappa shape index (κ1) is 10.4. The Morgan fingerprint density at radius 3 is 2.71 bits per heavy atom. The molecule has 1 heterocycles. The minimum atomic E-state index is -1.10. The number of anilines is 1. The van der Waals surface area contributed by atoms with Gasteiger partial charge in [-0.1, -0.05) is 0 Å². The van der Waals surface area contributed by atoms with Gasteiger partial charge in [0, 0.05) is 25.4 Å². The maximum absolute atomic E-state index is 10.7. The van der Waals surface area contributed by atoms with Gasteiger partial charge in [-0.3, -0.25) is 0 Å². The summed E-state index contributed by atoms with van der Waals surface area (Å²) >= 11 is 0. The lowest BCUT2D eigenvalue weighted by Crippen LogP contribution is -2.19. The van der Waals surface area contributed by atoms with Crippen LogP contribution in [0.25, 0.3) is 0 Å². The van der Waals surface area contributed by atoms with E-state index in [2.05, 4.69) is 9.97 Å². The molecule has 0 aromatic carbocycles. The maximum atomic E-state index is 10.7. The third-order valence-electron chi connectivity index (χ3n) is 1.90. The summed E-state index contributed by atoms with van der Waals surface area (Å²) in [7, 11) is 1.85. The van der Waals surface area contributed by atoms with E-state index in [4.69, 9.17) is 5.11 Å². The van der Waals surface area contributed by atoms with Gasteiger partial charge in [0.2, 0.25) is 5.82 Å². The number of aromatic carboxylic acids is 1. The molecule has 0 saturated heterocycles. The Labute approximate surface area is 82.4 Å². The van der Waals surface area contributed by atoms with Crippen LogP contribution < -0.4 is 4.90 Å². The van der Waals surface area contributed by atoms with E-state index >= 15 is 0 Å². The second kappa shape index (κ2) is 4.04. The highest BCUT2D eigenvalue weighted by atomic mass is 16.4. The fourth-order valence-electron chi connectivity index (χ4n) is 1.01. The van der Waals surface area contributed by atoms with E-state index in [-0.39, 0.29) is 5.82 Å². The highest BCUT2D eigenvalue weighted by Gasteiger charge is 2.10. The van der Waals surface area contributed by atoms with Crippen molar-refractivity contribution >= 4 is 11.8 Å². The number of rotatable bonds is 3. The van der Waals surface area contributed by atoms with Crippen molar-refractivity contribution in [2.24, 2.45) is 0 Å². The molecule has 0 spiro atoms. The first-order valence-corrected chi connectivity index (χ1v) is 4.34. The van der Waals surface area contributed by atoms with Gasteiger partial charge in [-0.15, -0.1) is 0 Å². The van der Waals surface area contributed by atoms with Gasteiger partial charge in [0.1, 0.15) is 5.82 Å². The average molecular weight is 195 g/mol. The van der Waals surface area contributed by atoms with Gasteiger partial charge in [0.05, 0.1) is 0 Å². The lowest BCUT2D eigenvalue weighted by molar-refractivity contribution is 0.0683. The van der Waals surface area contributed by atoms with E-state index < -0.39 is 5.97 Å². The van der Waals surface area contributed by atoms with Crippen LogP contribution in [0.5, 0.6) is 0 Å². The summed E-state index contributed by atoms with van der Waals surface area (Å²) in [5.74, 6) is -0.614. The summed E-state index contributed by atoms with van der Waals surface area (Å²) in [5, 5.41) is 8.74. The Bertz CT molecular complexity index is 352. The number of aryl methyl sites for hydroxylation is 1. The monoisotopic (exact) mass is 195 g/mol. The number of hydrogen-bond acceptors (Lipinski definition) is 4. The number of carboxylic acids is 1. The summed E-state index contributed by atoms with van der Waals surface area (Å²) in [4.78, 5) is 20.3. The molecule has 0 bridgehead atoms. The number of carbonyl (C=O) groups is 1. The Hall–Kier alpha value is -1.65. The molecule has 0 unspecified atom stereocenters. The molecule has 0 aliphatic heterocycles. The van der Waals surface area contributed by atoms with Crippen LogP contribution in [0.1, 0.15) is 23.2 Å². The van der Waals surface area contributed by atoms with Crippen LogP contribution in [-0.2, 0) is 0 Å². The van der Waals surface area contributed by atoms with Crippen LogP contribution in [-0.4, -0.2) is 34.6 Å². The molecule has 5 nitrogen and oxygen atoms in total. The molecule has 0 amide bonds. The Morgan fingerprint density at radius 1 is 1.57 bits per heavy atom. The van der Waals surface area contributed by atoms with E-state index in [0.717, 1.165) is 6.54 Å². The molecule has 0 atom stereocenters. The van der Waals surface area contributed by atoms with Gasteiger partial charge >= 0.3 is 5.97 Å². The second-order valence-corrected chi connectivity index (χ2v) is 3.01. The zero-order valence-corrected chi connectivity index (χ0v) is 8.48. The lowest BCUT2D eigenvalue weighted by Gasteiger charge is -2.15. The zero-order chi connectivity index (χ0) is 10.7. The minimum absolute atomic E-state index is 0.152. The minimum Gasteiger partial charge on any atom is -0.475 e. The SMILES string of the molecule is CCN(C)c1cc(C)nc(C(=O)O)n1. The van der Waals surface area contributed by atoms with E-state index in [1.165, 1.54) is 0 Å². The lowest BCUT2D eigenvalue weighted by atomic mass is 10.4. The van der Waals surface area contributed by atoms with Crippen LogP contribution in [0.3, 0.4) is 0 Å². The van der Waals surface area contributed by atoms with Gasteiger partial charge in [-0.2, -0.15) is 0 Å². The summed E-state index contributed by atoms with van der Waals surface area (Å²) in [6.07, 6.45) is 0. The number of hydrogen-bond donors (Lipinski definition) is 1. The first-order valence-electron chi connectivity index (χ1n) is 4.34. The fourth-order valence-corrected chi connectivity index (χ4v) is 1.01.